The summed E-state index contributed by atoms with van der Waals surface area (Å²) in [6.07, 6.45) is -1.27. The molecule has 23 heteroatoms. The number of hydrogen-bond donors (Lipinski definition) is 10. The summed E-state index contributed by atoms with van der Waals surface area (Å²) >= 11 is 0. The van der Waals surface area contributed by atoms with Crippen LogP contribution in [0.1, 0.15) is 92.9 Å². The molecule has 0 unspecified atom stereocenters. The standard InChI is InChI=1S/C38H61N9O14/c1-17(2)13-22(36(58)46-11-7-9-24(46)33(55)41-21(16-28(51)52)32(54)43-23(38(60)61)15-26(40)48)42-35(57)29(18(3)4)44-34(56)25-10-8-12-47(25)37(59)30(19(5)6)45-31(53)20(39)14-27(49)50/h17-25,29-30H,7-16,39H2,1-6H3,(H2,40,48)(H,41,55)(H,42,57)(H,43,54)(H,44,56)(H,45,53)(H,49,50)(H,51,52)(H,60,61)/t20-,21-,22-,23-,24-,25-,29-,30-/m0/s1. The lowest BCUT2D eigenvalue weighted by molar-refractivity contribution is -0.146. The molecule has 0 aromatic heterocycles. The van der Waals surface area contributed by atoms with Crippen molar-refractivity contribution < 1.29 is 68.1 Å². The predicted molar refractivity (Wildman–Crippen MR) is 212 cm³/mol. The second-order valence-electron chi connectivity index (χ2n) is 16.5. The lowest BCUT2D eigenvalue weighted by Gasteiger charge is -2.33. The predicted octanol–water partition coefficient (Wildman–Crippen LogP) is -3.01. The van der Waals surface area contributed by atoms with E-state index in [-0.39, 0.29) is 38.3 Å². The molecule has 342 valence electrons. The highest BCUT2D eigenvalue weighted by atomic mass is 16.4. The highest BCUT2D eigenvalue weighted by Gasteiger charge is 2.43. The zero-order valence-electron chi connectivity index (χ0n) is 35.3. The first-order chi connectivity index (χ1) is 28.3. The van der Waals surface area contributed by atoms with Gasteiger partial charge < -0.3 is 63.2 Å². The van der Waals surface area contributed by atoms with Gasteiger partial charge in [0, 0.05) is 13.1 Å². The molecule has 61 heavy (non-hydrogen) atoms. The molecule has 2 heterocycles. The summed E-state index contributed by atoms with van der Waals surface area (Å²) in [7, 11) is 0. The van der Waals surface area contributed by atoms with Crippen LogP contribution in [-0.2, 0) is 52.7 Å². The van der Waals surface area contributed by atoms with Crippen molar-refractivity contribution in [2.75, 3.05) is 13.1 Å². The zero-order chi connectivity index (χ0) is 46.5. The molecule has 0 aliphatic carbocycles. The van der Waals surface area contributed by atoms with Gasteiger partial charge in [-0.15, -0.1) is 0 Å². The second kappa shape index (κ2) is 23.2. The van der Waals surface area contributed by atoms with Gasteiger partial charge in [0.15, 0.2) is 0 Å². The molecule has 23 nitrogen and oxygen atoms in total. The van der Waals surface area contributed by atoms with Crippen molar-refractivity contribution in [2.45, 2.75) is 141 Å². The average Bonchev–Trinajstić information content (AvgIpc) is 3.84. The van der Waals surface area contributed by atoms with Crippen LogP contribution in [0.4, 0.5) is 0 Å². The molecule has 8 atom stereocenters. The van der Waals surface area contributed by atoms with Crippen molar-refractivity contribution in [3.05, 3.63) is 0 Å². The fourth-order valence-electron chi connectivity index (χ4n) is 7.10. The van der Waals surface area contributed by atoms with Crippen LogP contribution in [0.3, 0.4) is 0 Å². The molecule has 2 aliphatic rings. The van der Waals surface area contributed by atoms with E-state index in [0.717, 1.165) is 0 Å². The normalized spacial score (nSPS) is 19.2. The molecule has 0 radical (unpaired) electrons. The smallest absolute Gasteiger partial charge is 0.326 e. The van der Waals surface area contributed by atoms with E-state index in [1.54, 1.807) is 41.5 Å². The van der Waals surface area contributed by atoms with Gasteiger partial charge in [0.25, 0.3) is 0 Å². The first kappa shape index (κ1) is 51.3. The van der Waals surface area contributed by atoms with Crippen molar-refractivity contribution in [3.63, 3.8) is 0 Å². The Balaban J connectivity index is 2.26. The molecule has 2 saturated heterocycles. The van der Waals surface area contributed by atoms with Gasteiger partial charge in [0.1, 0.15) is 42.3 Å². The molecule has 2 rings (SSSR count). The Morgan fingerprint density at radius 1 is 0.574 bits per heavy atom. The Hall–Kier alpha value is -5.87. The highest BCUT2D eigenvalue weighted by molar-refractivity contribution is 5.99. The summed E-state index contributed by atoms with van der Waals surface area (Å²) in [4.78, 5) is 143. The van der Waals surface area contributed by atoms with E-state index in [1.165, 1.54) is 9.80 Å². The lowest BCUT2D eigenvalue weighted by atomic mass is 9.98. The monoisotopic (exact) mass is 867 g/mol. The number of carboxylic acid groups (broad SMARTS) is 3. The number of aliphatic carboxylic acids is 3. The van der Waals surface area contributed by atoms with Gasteiger partial charge in [-0.2, -0.15) is 0 Å². The third-order valence-electron chi connectivity index (χ3n) is 10.2. The summed E-state index contributed by atoms with van der Waals surface area (Å²) in [6, 6.07) is -10.8. The Labute approximate surface area is 352 Å². The molecular weight excluding hydrogens is 806 g/mol. The van der Waals surface area contributed by atoms with Gasteiger partial charge >= 0.3 is 17.9 Å². The van der Waals surface area contributed by atoms with Gasteiger partial charge in [0.2, 0.25) is 47.3 Å². The number of rotatable bonds is 23. The molecule has 2 aliphatic heterocycles. The summed E-state index contributed by atoms with van der Waals surface area (Å²) in [5.74, 6) is -12.4. The quantitative estimate of drug-likeness (QED) is 0.0489. The van der Waals surface area contributed by atoms with E-state index in [4.69, 9.17) is 16.6 Å². The molecule has 0 aromatic rings. The third kappa shape index (κ3) is 15.3. The first-order valence-corrected chi connectivity index (χ1v) is 20.2. The Morgan fingerprint density at radius 2 is 1.07 bits per heavy atom. The summed E-state index contributed by atoms with van der Waals surface area (Å²) in [5, 5.41) is 40.0. The third-order valence-corrected chi connectivity index (χ3v) is 10.2. The average molecular weight is 868 g/mol. The van der Waals surface area contributed by atoms with Crippen LogP contribution in [0.5, 0.6) is 0 Å². The maximum atomic E-state index is 14.1. The van der Waals surface area contributed by atoms with E-state index in [2.05, 4.69) is 21.3 Å². The van der Waals surface area contributed by atoms with E-state index in [0.29, 0.717) is 12.8 Å². The lowest BCUT2D eigenvalue weighted by Crippen LogP contribution is -2.61. The van der Waals surface area contributed by atoms with Gasteiger partial charge in [-0.05, 0) is 49.9 Å². The topological polar surface area (TPSA) is 367 Å². The van der Waals surface area contributed by atoms with Crippen LogP contribution in [-0.4, -0.2) is 152 Å². The number of carbonyl (C=O) groups is 11. The van der Waals surface area contributed by atoms with Crippen molar-refractivity contribution in [3.8, 4) is 0 Å². The maximum Gasteiger partial charge on any atom is 0.326 e. The van der Waals surface area contributed by atoms with Crippen LogP contribution < -0.4 is 38.1 Å². The number of hydrogen-bond acceptors (Lipinski definition) is 12. The summed E-state index contributed by atoms with van der Waals surface area (Å²) in [6.45, 7) is 10.4. The van der Waals surface area contributed by atoms with Gasteiger partial charge in [-0.1, -0.05) is 41.5 Å². The zero-order valence-corrected chi connectivity index (χ0v) is 35.3. The number of primary amides is 1. The fourth-order valence-corrected chi connectivity index (χ4v) is 7.10. The molecule has 8 amide bonds. The fraction of sp³-hybridized carbons (Fsp3) is 0.711. The van der Waals surface area contributed by atoms with Gasteiger partial charge in [-0.25, -0.2) is 4.79 Å². The Kier molecular flexibility index (Phi) is 19.5. The minimum absolute atomic E-state index is 0.0517. The Morgan fingerprint density at radius 3 is 1.52 bits per heavy atom. The summed E-state index contributed by atoms with van der Waals surface area (Å²) in [5.41, 5.74) is 10.8. The van der Waals surface area contributed by atoms with Gasteiger partial charge in [-0.3, -0.25) is 47.9 Å². The van der Waals surface area contributed by atoms with Crippen molar-refractivity contribution in [1.29, 1.82) is 0 Å². The number of carbonyl (C=O) groups excluding carboxylic acids is 8. The highest BCUT2D eigenvalue weighted by Crippen LogP contribution is 2.23. The number of likely N-dealkylation sites (tertiary alicyclic amines) is 2. The molecule has 12 N–H and O–H groups in total. The molecular formula is C38H61N9O14. The van der Waals surface area contributed by atoms with Crippen LogP contribution >= 0.6 is 0 Å². The maximum absolute atomic E-state index is 14.1. The molecule has 0 aromatic carbocycles. The number of nitrogens with one attached hydrogen (secondary N) is 5. The number of carboxylic acids is 3. The second-order valence-corrected chi connectivity index (χ2v) is 16.5. The van der Waals surface area contributed by atoms with Crippen LogP contribution in [0.2, 0.25) is 0 Å². The minimum Gasteiger partial charge on any atom is -0.481 e. The first-order valence-electron chi connectivity index (χ1n) is 20.2. The SMILES string of the molecule is CC(C)C[C@H](NC(=O)[C@@H](NC(=O)[C@@H]1CCCN1C(=O)[C@@H](NC(=O)[C@@H](N)CC(=O)O)C(C)C)C(C)C)C(=O)N1CCC[C@H]1C(=O)N[C@@H](CC(=O)O)C(=O)N[C@@H](CC(N)=O)C(=O)O. The molecule has 2 fully saturated rings. The number of nitrogens with two attached hydrogens (primary N) is 2. The van der Waals surface area contributed by atoms with Crippen LogP contribution in [0.25, 0.3) is 0 Å². The molecule has 0 saturated carbocycles. The minimum atomic E-state index is -1.81. The van der Waals surface area contributed by atoms with Crippen LogP contribution in [0, 0.1) is 17.8 Å². The van der Waals surface area contributed by atoms with Gasteiger partial charge in [0.05, 0.1) is 25.3 Å². The van der Waals surface area contributed by atoms with E-state index < -0.39 is 145 Å². The van der Waals surface area contributed by atoms with E-state index in [9.17, 15) is 63.0 Å². The van der Waals surface area contributed by atoms with E-state index in [1.807, 2.05) is 5.32 Å². The van der Waals surface area contributed by atoms with Crippen LogP contribution in [0.15, 0.2) is 0 Å². The van der Waals surface area contributed by atoms with Crippen molar-refractivity contribution in [2.24, 2.45) is 29.2 Å². The summed E-state index contributed by atoms with van der Waals surface area (Å²) < 4.78 is 0. The largest absolute Gasteiger partial charge is 0.481 e. The Bertz CT molecular complexity index is 1690. The molecule has 0 spiro atoms. The number of amides is 8. The van der Waals surface area contributed by atoms with E-state index >= 15 is 0 Å². The number of nitrogens with zero attached hydrogens (tertiary/aromatic N) is 2. The van der Waals surface area contributed by atoms with Crippen molar-refractivity contribution >= 4 is 65.2 Å². The van der Waals surface area contributed by atoms with Crippen molar-refractivity contribution in [1.82, 2.24) is 36.4 Å². The molecule has 0 bridgehead atoms.